The van der Waals surface area contributed by atoms with Gasteiger partial charge in [-0.25, -0.2) is 5.90 Å². The van der Waals surface area contributed by atoms with Crippen LogP contribution < -0.4 is 16.9 Å². The van der Waals surface area contributed by atoms with Crippen molar-refractivity contribution in [3.8, 4) is 0 Å². The van der Waals surface area contributed by atoms with Crippen LogP contribution in [0.1, 0.15) is 93.1 Å². The molecule has 18 nitrogen and oxygen atoms in total. The Morgan fingerprint density at radius 2 is 1.45 bits per heavy atom. The molecule has 1 aromatic rings. The lowest BCUT2D eigenvalue weighted by atomic mass is 9.88. The zero-order chi connectivity index (χ0) is 50.4. The van der Waals surface area contributed by atoms with Gasteiger partial charge >= 0.3 is 5.97 Å². The minimum atomic E-state index is -1.13. The van der Waals surface area contributed by atoms with Crippen molar-refractivity contribution in [3.63, 3.8) is 0 Å². The van der Waals surface area contributed by atoms with Crippen LogP contribution >= 0.6 is 0 Å². The first-order chi connectivity index (χ1) is 31.1. The number of amides is 4. The van der Waals surface area contributed by atoms with Crippen LogP contribution in [0, 0.1) is 30.1 Å². The van der Waals surface area contributed by atoms with E-state index in [1.807, 2.05) is 64.8 Å². The predicted molar refractivity (Wildman–Crippen MR) is 255 cm³/mol. The molecule has 1 aromatic carbocycles. The highest BCUT2D eigenvalue weighted by Crippen LogP contribution is 2.30. The van der Waals surface area contributed by atoms with E-state index >= 15 is 0 Å². The van der Waals surface area contributed by atoms with Crippen LogP contribution in [0.25, 0.3) is 0 Å². The molecule has 4 amide bonds. The van der Waals surface area contributed by atoms with Crippen molar-refractivity contribution in [1.29, 1.82) is 0 Å². The van der Waals surface area contributed by atoms with E-state index in [-0.39, 0.29) is 59.5 Å². The first-order valence-corrected chi connectivity index (χ1v) is 23.2. The highest BCUT2D eigenvalue weighted by atomic mass is 16.6. The Morgan fingerprint density at radius 3 is 1.89 bits per heavy atom. The van der Waals surface area contributed by atoms with E-state index in [0.29, 0.717) is 72.2 Å². The molecule has 0 radical (unpaired) electrons. The van der Waals surface area contributed by atoms with E-state index in [0.717, 1.165) is 12.8 Å². The van der Waals surface area contributed by atoms with E-state index in [4.69, 9.17) is 40.4 Å². The minimum absolute atomic E-state index is 0.0204. The summed E-state index contributed by atoms with van der Waals surface area (Å²) >= 11 is 0. The van der Waals surface area contributed by atoms with Crippen molar-refractivity contribution in [3.05, 3.63) is 35.9 Å². The molecule has 1 aliphatic rings. The van der Waals surface area contributed by atoms with E-state index < -0.39 is 36.5 Å². The fourth-order valence-electron chi connectivity index (χ4n) is 7.81. The van der Waals surface area contributed by atoms with Crippen molar-refractivity contribution in [2.45, 2.75) is 125 Å². The summed E-state index contributed by atoms with van der Waals surface area (Å²) in [6, 6.07) is 9.41. The summed E-state index contributed by atoms with van der Waals surface area (Å²) in [6.07, 6.45) is 1.70. The summed E-state index contributed by atoms with van der Waals surface area (Å²) in [5.74, 6) is 2.55. The van der Waals surface area contributed by atoms with Gasteiger partial charge in [-0.1, -0.05) is 97.7 Å². The number of aryl methyl sites for hydroxylation is 1. The van der Waals surface area contributed by atoms with Gasteiger partial charge in [-0.05, 0) is 44.1 Å². The fraction of sp³-hybridized carbons (Fsp3) is 0.771. The molecule has 6 N–H and O–H groups in total. The number of benzene rings is 1. The number of rotatable bonds is 29. The second kappa shape index (κ2) is 34.5. The van der Waals surface area contributed by atoms with Crippen LogP contribution in [-0.2, 0) is 52.5 Å². The lowest BCUT2D eigenvalue weighted by Gasteiger charge is -2.40. The van der Waals surface area contributed by atoms with Gasteiger partial charge in [0.15, 0.2) is 0 Å². The third-order valence-electron chi connectivity index (χ3n) is 11.4. The SMILES string of the molecule is CC(C)C(C(N)=O)N(C)CCOCCOCCOCCON.CCC(C)C(C(CC(=O)N1CCCC1C(OC)C(C)C(=O)NCC(=O)O)OC)N(C)C(=O)CC(C)(C)C.Cc1ccccc1. The molecule has 0 spiro atoms. The van der Waals surface area contributed by atoms with Gasteiger partial charge in [0.05, 0.1) is 88.9 Å². The molecule has 1 heterocycles. The molecule has 0 aliphatic carbocycles. The quantitative estimate of drug-likeness (QED) is 0.0659. The van der Waals surface area contributed by atoms with Crippen molar-refractivity contribution >= 4 is 29.6 Å². The van der Waals surface area contributed by atoms with E-state index in [2.05, 4.69) is 43.1 Å². The van der Waals surface area contributed by atoms with Crippen molar-refractivity contribution < 1.29 is 57.6 Å². The Morgan fingerprint density at radius 1 is 0.894 bits per heavy atom. The molecule has 7 unspecified atom stereocenters. The van der Waals surface area contributed by atoms with E-state index in [1.54, 1.807) is 30.9 Å². The fourth-order valence-corrected chi connectivity index (χ4v) is 7.81. The number of nitrogens with one attached hydrogen (secondary N) is 1. The topological polar surface area (TPSA) is 235 Å². The summed E-state index contributed by atoms with van der Waals surface area (Å²) in [5.41, 5.74) is 6.56. The minimum Gasteiger partial charge on any atom is -0.480 e. The summed E-state index contributed by atoms with van der Waals surface area (Å²) in [4.78, 5) is 71.2. The molecule has 1 aliphatic heterocycles. The average Bonchev–Trinajstić information content (AvgIpc) is 3.74. The lowest BCUT2D eigenvalue weighted by molar-refractivity contribution is -0.146. The molecular formula is C48H88N6O12. The van der Waals surface area contributed by atoms with Gasteiger partial charge in [-0.2, -0.15) is 0 Å². The second-order valence-corrected chi connectivity index (χ2v) is 18.4. The monoisotopic (exact) mass is 941 g/mol. The largest absolute Gasteiger partial charge is 0.480 e. The van der Waals surface area contributed by atoms with Crippen molar-refractivity contribution in [2.75, 3.05) is 94.2 Å². The lowest BCUT2D eigenvalue weighted by Crippen LogP contribution is -2.53. The number of nitrogens with two attached hydrogens (primary N) is 2. The number of likely N-dealkylation sites (N-methyl/N-ethyl adjacent to an activating group) is 2. The molecule has 0 saturated carbocycles. The maximum absolute atomic E-state index is 13.6. The van der Waals surface area contributed by atoms with Crippen LogP contribution in [-0.4, -0.2) is 174 Å². The Labute approximate surface area is 396 Å². The van der Waals surface area contributed by atoms with Crippen molar-refractivity contribution in [1.82, 2.24) is 20.0 Å². The van der Waals surface area contributed by atoms with Gasteiger partial charge in [0.2, 0.25) is 23.6 Å². The predicted octanol–water partition coefficient (Wildman–Crippen LogP) is 3.91. The van der Waals surface area contributed by atoms with Crippen LogP contribution in [0.15, 0.2) is 30.3 Å². The molecule has 0 bridgehead atoms. The third kappa shape index (κ3) is 25.4. The van der Waals surface area contributed by atoms with Gasteiger partial charge in [0.25, 0.3) is 0 Å². The number of carboxylic acids is 1. The number of likely N-dealkylation sites (tertiary alicyclic amines) is 1. The summed E-state index contributed by atoms with van der Waals surface area (Å²) < 4.78 is 27.5. The second-order valence-electron chi connectivity index (χ2n) is 18.4. The number of ether oxygens (including phenoxy) is 5. The number of carbonyl (C=O) groups is 5. The molecule has 18 heteroatoms. The van der Waals surface area contributed by atoms with Gasteiger partial charge in [0, 0.05) is 40.8 Å². The molecule has 2 rings (SSSR count). The first-order valence-electron chi connectivity index (χ1n) is 23.2. The first kappa shape index (κ1) is 62.2. The van der Waals surface area contributed by atoms with Gasteiger partial charge in [-0.15, -0.1) is 0 Å². The summed E-state index contributed by atoms with van der Waals surface area (Å²) in [7, 11) is 6.74. The highest BCUT2D eigenvalue weighted by molar-refractivity contribution is 5.83. The van der Waals surface area contributed by atoms with Gasteiger partial charge in [-0.3, -0.25) is 28.9 Å². The number of hydrogen-bond acceptors (Lipinski definition) is 13. The average molecular weight is 941 g/mol. The molecule has 0 aromatic heterocycles. The zero-order valence-electron chi connectivity index (χ0n) is 42.5. The molecule has 66 heavy (non-hydrogen) atoms. The standard InChI is InChI=1S/C27H49N3O7.C14H31N3O5.C7H8/c1-10-17(2)24(29(7)22(32)15-27(4,5)6)20(36-8)14-21(31)30-13-11-12-19(30)25(37-9)18(3)26(35)28-16-23(33)34;1-12(2)13(14(15)18)17(3)4-5-19-6-7-20-8-9-21-10-11-22-16;1-7-5-3-2-4-6-7/h17-20,24-25H,10-16H2,1-9H3,(H,28,35)(H,33,34);12-13H,4-11,16H2,1-3H3,(H2,15,18);2-6H,1H3. The number of carbonyl (C=O) groups excluding carboxylic acids is 4. The van der Waals surface area contributed by atoms with Crippen molar-refractivity contribution in [2.24, 2.45) is 34.8 Å². The molecular weight excluding hydrogens is 853 g/mol. The Bertz CT molecular complexity index is 1500. The number of hydrogen-bond donors (Lipinski definition) is 4. The highest BCUT2D eigenvalue weighted by Gasteiger charge is 2.42. The molecule has 382 valence electrons. The smallest absolute Gasteiger partial charge is 0.322 e. The molecule has 1 fully saturated rings. The summed E-state index contributed by atoms with van der Waals surface area (Å²) in [5, 5.41) is 11.3. The van der Waals surface area contributed by atoms with Gasteiger partial charge < -0.3 is 54.5 Å². The third-order valence-corrected chi connectivity index (χ3v) is 11.4. The van der Waals surface area contributed by atoms with E-state index in [1.165, 1.54) is 12.7 Å². The zero-order valence-corrected chi connectivity index (χ0v) is 42.5. The number of aliphatic carboxylic acids is 1. The van der Waals surface area contributed by atoms with E-state index in [9.17, 15) is 24.0 Å². The Kier molecular flexibility index (Phi) is 32.6. The van der Waals surface area contributed by atoms with Crippen LogP contribution in [0.2, 0.25) is 0 Å². The maximum Gasteiger partial charge on any atom is 0.322 e. The Hall–Kier alpha value is -3.75. The van der Waals surface area contributed by atoms with Crippen LogP contribution in [0.3, 0.4) is 0 Å². The molecule has 7 atom stereocenters. The summed E-state index contributed by atoms with van der Waals surface area (Å²) in [6.45, 7) is 22.0. The maximum atomic E-state index is 13.6. The van der Waals surface area contributed by atoms with Crippen LogP contribution in [0.4, 0.5) is 0 Å². The number of methoxy groups -OCH3 is 2. The van der Waals surface area contributed by atoms with Crippen LogP contribution in [0.5, 0.6) is 0 Å². The number of nitrogens with zero attached hydrogens (tertiary/aromatic N) is 3. The number of carboxylic acid groups (broad SMARTS) is 1. The molecule has 1 saturated heterocycles. The normalized spacial score (nSPS) is 16.5. The number of primary amides is 1. The Balaban J connectivity index is 0.00000122. The van der Waals surface area contributed by atoms with Gasteiger partial charge in [0.1, 0.15) is 6.54 Å².